The van der Waals surface area contributed by atoms with Gasteiger partial charge in [0.05, 0.1) is 17.1 Å². The second-order valence-corrected chi connectivity index (χ2v) is 5.68. The van der Waals surface area contributed by atoms with Crippen LogP contribution in [0.5, 0.6) is 0 Å². The van der Waals surface area contributed by atoms with Gasteiger partial charge in [0, 0.05) is 10.0 Å². The lowest BCUT2D eigenvalue weighted by Gasteiger charge is -2.18. The summed E-state index contributed by atoms with van der Waals surface area (Å²) < 4.78 is 0. The van der Waals surface area contributed by atoms with Gasteiger partial charge in [-0.05, 0) is 48.5 Å². The summed E-state index contributed by atoms with van der Waals surface area (Å²) >= 11 is 12.1. The van der Waals surface area contributed by atoms with E-state index in [0.29, 0.717) is 10.0 Å². The molecule has 0 aliphatic carbocycles. The zero-order chi connectivity index (χ0) is 15.0. The highest BCUT2D eigenvalue weighted by molar-refractivity contribution is 6.34. The SMILES string of the molecule is CNC(c1cc(Cl)cc(Cl)c1)c1ccc2[nH]c(=O)[nH]c2c1. The fourth-order valence-electron chi connectivity index (χ4n) is 2.50. The predicted molar refractivity (Wildman–Crippen MR) is 86.3 cm³/mol. The van der Waals surface area contributed by atoms with Crippen LogP contribution in [0.4, 0.5) is 0 Å². The van der Waals surface area contributed by atoms with Gasteiger partial charge in [0.2, 0.25) is 0 Å². The first kappa shape index (κ1) is 14.2. The highest BCUT2D eigenvalue weighted by Crippen LogP contribution is 2.28. The van der Waals surface area contributed by atoms with E-state index in [4.69, 9.17) is 23.2 Å². The summed E-state index contributed by atoms with van der Waals surface area (Å²) in [4.78, 5) is 16.8. The first-order valence-electron chi connectivity index (χ1n) is 6.42. The van der Waals surface area contributed by atoms with Gasteiger partial charge in [-0.3, -0.25) is 0 Å². The van der Waals surface area contributed by atoms with Crippen molar-refractivity contribution in [1.82, 2.24) is 15.3 Å². The Morgan fingerprint density at radius 1 is 0.952 bits per heavy atom. The molecule has 1 atom stereocenters. The number of rotatable bonds is 3. The Balaban J connectivity index is 2.10. The minimum atomic E-state index is -0.214. The van der Waals surface area contributed by atoms with Crippen molar-refractivity contribution in [3.8, 4) is 0 Å². The molecule has 0 fully saturated rings. The van der Waals surface area contributed by atoms with E-state index in [1.807, 2.05) is 37.4 Å². The van der Waals surface area contributed by atoms with Crippen LogP contribution in [0.2, 0.25) is 10.0 Å². The van der Waals surface area contributed by atoms with Gasteiger partial charge in [-0.15, -0.1) is 0 Å². The number of fused-ring (bicyclic) bond motifs is 1. The lowest BCUT2D eigenvalue weighted by molar-refractivity contribution is 0.692. The van der Waals surface area contributed by atoms with Crippen molar-refractivity contribution in [2.24, 2.45) is 0 Å². The highest BCUT2D eigenvalue weighted by Gasteiger charge is 2.14. The van der Waals surface area contributed by atoms with E-state index in [2.05, 4.69) is 15.3 Å². The zero-order valence-electron chi connectivity index (χ0n) is 11.2. The molecule has 1 heterocycles. The van der Waals surface area contributed by atoms with E-state index < -0.39 is 0 Å². The molecular formula is C15H13Cl2N3O. The molecule has 3 aromatic rings. The lowest BCUT2D eigenvalue weighted by Crippen LogP contribution is -2.17. The van der Waals surface area contributed by atoms with Gasteiger partial charge in [0.1, 0.15) is 0 Å². The van der Waals surface area contributed by atoms with Crippen LogP contribution in [0, 0.1) is 0 Å². The maximum Gasteiger partial charge on any atom is 0.323 e. The van der Waals surface area contributed by atoms with Crippen molar-refractivity contribution in [2.75, 3.05) is 7.05 Å². The Kier molecular flexibility index (Phi) is 3.76. The first-order valence-corrected chi connectivity index (χ1v) is 7.17. The molecule has 0 spiro atoms. The van der Waals surface area contributed by atoms with Crippen LogP contribution < -0.4 is 11.0 Å². The molecule has 4 nitrogen and oxygen atoms in total. The fraction of sp³-hybridized carbons (Fsp3) is 0.133. The molecule has 3 N–H and O–H groups in total. The number of imidazole rings is 1. The van der Waals surface area contributed by atoms with Gasteiger partial charge in [0.25, 0.3) is 0 Å². The molecule has 0 saturated carbocycles. The number of H-pyrrole nitrogens is 2. The zero-order valence-corrected chi connectivity index (χ0v) is 12.7. The van der Waals surface area contributed by atoms with Crippen LogP contribution in [0.25, 0.3) is 11.0 Å². The minimum absolute atomic E-state index is 0.0657. The third-order valence-corrected chi connectivity index (χ3v) is 3.82. The Morgan fingerprint density at radius 3 is 2.29 bits per heavy atom. The summed E-state index contributed by atoms with van der Waals surface area (Å²) in [6, 6.07) is 11.2. The number of hydrogen-bond donors (Lipinski definition) is 3. The Labute approximate surface area is 131 Å². The molecule has 2 aromatic carbocycles. The van der Waals surface area contributed by atoms with Crippen LogP contribution in [0.3, 0.4) is 0 Å². The van der Waals surface area contributed by atoms with Crippen molar-refractivity contribution in [3.05, 3.63) is 68.1 Å². The number of benzene rings is 2. The number of halogens is 2. The third-order valence-electron chi connectivity index (χ3n) is 3.38. The molecule has 21 heavy (non-hydrogen) atoms. The van der Waals surface area contributed by atoms with Crippen LogP contribution >= 0.6 is 23.2 Å². The normalized spacial score (nSPS) is 12.7. The summed E-state index contributed by atoms with van der Waals surface area (Å²) in [6.07, 6.45) is 0. The van der Waals surface area contributed by atoms with E-state index in [0.717, 1.165) is 22.2 Å². The van der Waals surface area contributed by atoms with Gasteiger partial charge in [-0.25, -0.2) is 4.79 Å². The Morgan fingerprint density at radius 2 is 1.62 bits per heavy atom. The molecule has 6 heteroatoms. The highest BCUT2D eigenvalue weighted by atomic mass is 35.5. The molecule has 0 aliphatic heterocycles. The standard InChI is InChI=1S/C15H13Cl2N3O/c1-18-14(9-4-10(16)7-11(17)5-9)8-2-3-12-13(6-8)20-15(21)19-12/h2-7,14,18H,1H3,(H2,19,20,21). The number of nitrogens with one attached hydrogen (secondary N) is 3. The summed E-state index contributed by atoms with van der Waals surface area (Å²) in [5, 5.41) is 4.42. The number of aromatic amines is 2. The molecule has 0 aliphatic rings. The maximum absolute atomic E-state index is 11.3. The largest absolute Gasteiger partial charge is 0.323 e. The van der Waals surface area contributed by atoms with Crippen LogP contribution in [0.1, 0.15) is 17.2 Å². The molecule has 0 amide bonds. The predicted octanol–water partition coefficient (Wildman–Crippen LogP) is 3.47. The van der Waals surface area contributed by atoms with Crippen molar-refractivity contribution < 1.29 is 0 Å². The van der Waals surface area contributed by atoms with Crippen LogP contribution in [-0.2, 0) is 0 Å². The van der Waals surface area contributed by atoms with E-state index in [-0.39, 0.29) is 11.7 Å². The topological polar surface area (TPSA) is 60.7 Å². The van der Waals surface area contributed by atoms with Crippen molar-refractivity contribution in [2.45, 2.75) is 6.04 Å². The molecule has 0 saturated heterocycles. The van der Waals surface area contributed by atoms with Gasteiger partial charge in [0.15, 0.2) is 0 Å². The first-order chi connectivity index (χ1) is 10.1. The average molecular weight is 322 g/mol. The lowest BCUT2D eigenvalue weighted by atomic mass is 9.98. The minimum Gasteiger partial charge on any atom is -0.309 e. The van der Waals surface area contributed by atoms with E-state index >= 15 is 0 Å². The van der Waals surface area contributed by atoms with E-state index in [9.17, 15) is 4.79 Å². The summed E-state index contributed by atoms with van der Waals surface area (Å²) in [5.41, 5.74) is 3.31. The summed E-state index contributed by atoms with van der Waals surface area (Å²) in [5.74, 6) is 0. The number of aromatic nitrogens is 2. The smallest absolute Gasteiger partial charge is 0.309 e. The quantitative estimate of drug-likeness (QED) is 0.691. The summed E-state index contributed by atoms with van der Waals surface area (Å²) in [6.45, 7) is 0. The van der Waals surface area contributed by atoms with Gasteiger partial charge >= 0.3 is 5.69 Å². The maximum atomic E-state index is 11.3. The van der Waals surface area contributed by atoms with Gasteiger partial charge in [-0.1, -0.05) is 29.3 Å². The summed E-state index contributed by atoms with van der Waals surface area (Å²) in [7, 11) is 1.86. The van der Waals surface area contributed by atoms with Gasteiger partial charge < -0.3 is 15.3 Å². The molecule has 1 unspecified atom stereocenters. The van der Waals surface area contributed by atoms with Gasteiger partial charge in [-0.2, -0.15) is 0 Å². The average Bonchev–Trinajstić information content (AvgIpc) is 2.78. The molecular weight excluding hydrogens is 309 g/mol. The second kappa shape index (κ2) is 5.56. The number of hydrogen-bond acceptors (Lipinski definition) is 2. The van der Waals surface area contributed by atoms with E-state index in [1.165, 1.54) is 0 Å². The van der Waals surface area contributed by atoms with Crippen molar-refractivity contribution >= 4 is 34.2 Å². The van der Waals surface area contributed by atoms with Crippen LogP contribution in [0.15, 0.2) is 41.2 Å². The van der Waals surface area contributed by atoms with Crippen LogP contribution in [-0.4, -0.2) is 17.0 Å². The van der Waals surface area contributed by atoms with E-state index in [1.54, 1.807) is 6.07 Å². The monoisotopic (exact) mass is 321 g/mol. The molecule has 1 aromatic heterocycles. The molecule has 108 valence electrons. The molecule has 0 radical (unpaired) electrons. The Hall–Kier alpha value is -1.75. The Bertz CT molecular complexity index is 833. The van der Waals surface area contributed by atoms with Crippen molar-refractivity contribution in [1.29, 1.82) is 0 Å². The fourth-order valence-corrected chi connectivity index (χ4v) is 3.04. The molecule has 3 rings (SSSR count). The van der Waals surface area contributed by atoms with Crippen molar-refractivity contribution in [3.63, 3.8) is 0 Å². The third kappa shape index (κ3) is 2.83. The molecule has 0 bridgehead atoms. The second-order valence-electron chi connectivity index (χ2n) is 4.81.